The second-order valence-corrected chi connectivity index (χ2v) is 7.61. The quantitative estimate of drug-likeness (QED) is 0.722. The molecule has 1 atom stereocenters. The van der Waals surface area contributed by atoms with Crippen molar-refractivity contribution in [2.45, 2.75) is 24.8 Å². The molecule has 2 N–H and O–H groups in total. The first-order valence-corrected chi connectivity index (χ1v) is 9.70. The molecule has 0 fully saturated rings. The Labute approximate surface area is 160 Å². The molecule has 2 aromatic carbocycles. The Bertz CT molecular complexity index is 954. The molecular formula is C17H17ClF2N2O4S. The molecule has 146 valence electrons. The molecule has 1 amide bonds. The Hall–Kier alpha value is -2.23. The molecule has 0 aliphatic rings. The standard InChI is InChI=1S/C17H17ClF2N2O4S/c1-3-26-16-7-5-12(9-13(16)18)27(24,25)22-10(2)17(23)21-11-4-6-14(19)15(20)8-11/h4-10,22H,3H2,1-2H3,(H,21,23)/t10-/m1/s1. The Kier molecular flexibility index (Phi) is 6.74. The summed E-state index contributed by atoms with van der Waals surface area (Å²) < 4.78 is 58.4. The zero-order valence-electron chi connectivity index (χ0n) is 14.4. The molecule has 0 aliphatic heterocycles. The Morgan fingerprint density at radius 1 is 1.19 bits per heavy atom. The average Bonchev–Trinajstić information content (AvgIpc) is 2.59. The van der Waals surface area contributed by atoms with E-state index < -0.39 is 33.6 Å². The highest BCUT2D eigenvalue weighted by atomic mass is 35.5. The van der Waals surface area contributed by atoms with Gasteiger partial charge in [0, 0.05) is 11.8 Å². The van der Waals surface area contributed by atoms with Gasteiger partial charge in [0.2, 0.25) is 15.9 Å². The van der Waals surface area contributed by atoms with Crippen LogP contribution in [-0.4, -0.2) is 27.0 Å². The molecule has 27 heavy (non-hydrogen) atoms. The third-order valence-electron chi connectivity index (χ3n) is 3.43. The number of amides is 1. The van der Waals surface area contributed by atoms with E-state index in [9.17, 15) is 22.0 Å². The van der Waals surface area contributed by atoms with Crippen LogP contribution in [0.15, 0.2) is 41.3 Å². The van der Waals surface area contributed by atoms with Gasteiger partial charge in [-0.1, -0.05) is 11.6 Å². The predicted octanol–water partition coefficient (Wildman–Crippen LogP) is 3.32. The van der Waals surface area contributed by atoms with Gasteiger partial charge in [0.1, 0.15) is 5.75 Å². The summed E-state index contributed by atoms with van der Waals surface area (Å²) in [5.41, 5.74) is -0.00550. The second kappa shape index (κ2) is 8.64. The van der Waals surface area contributed by atoms with Gasteiger partial charge in [0.15, 0.2) is 11.6 Å². The minimum absolute atomic E-state index is 0.00550. The fourth-order valence-corrected chi connectivity index (χ4v) is 3.63. The molecule has 0 aliphatic carbocycles. The SMILES string of the molecule is CCOc1ccc(S(=O)(=O)N[C@H](C)C(=O)Nc2ccc(F)c(F)c2)cc1Cl. The number of ether oxygens (including phenoxy) is 1. The van der Waals surface area contributed by atoms with E-state index in [1.165, 1.54) is 25.1 Å². The highest BCUT2D eigenvalue weighted by Crippen LogP contribution is 2.27. The van der Waals surface area contributed by atoms with E-state index in [0.29, 0.717) is 12.4 Å². The maximum Gasteiger partial charge on any atom is 0.242 e. The maximum absolute atomic E-state index is 13.2. The van der Waals surface area contributed by atoms with Crippen LogP contribution in [0, 0.1) is 11.6 Å². The lowest BCUT2D eigenvalue weighted by Crippen LogP contribution is -2.41. The lowest BCUT2D eigenvalue weighted by molar-refractivity contribution is -0.117. The summed E-state index contributed by atoms with van der Waals surface area (Å²) in [5.74, 6) is -2.61. The zero-order valence-corrected chi connectivity index (χ0v) is 16.0. The fraction of sp³-hybridized carbons (Fsp3) is 0.235. The fourth-order valence-electron chi connectivity index (χ4n) is 2.10. The van der Waals surface area contributed by atoms with Crippen molar-refractivity contribution in [2.75, 3.05) is 11.9 Å². The number of carbonyl (C=O) groups is 1. The van der Waals surface area contributed by atoms with E-state index in [1.54, 1.807) is 6.92 Å². The summed E-state index contributed by atoms with van der Waals surface area (Å²) in [6.45, 7) is 3.43. The van der Waals surface area contributed by atoms with Crippen LogP contribution in [0.3, 0.4) is 0 Å². The average molecular weight is 419 g/mol. The van der Waals surface area contributed by atoms with Gasteiger partial charge in [-0.05, 0) is 44.2 Å². The number of hydrogen-bond acceptors (Lipinski definition) is 4. The first kappa shape index (κ1) is 21.1. The van der Waals surface area contributed by atoms with Gasteiger partial charge >= 0.3 is 0 Å². The topological polar surface area (TPSA) is 84.5 Å². The summed E-state index contributed by atoms with van der Waals surface area (Å²) in [7, 11) is -4.05. The van der Waals surface area contributed by atoms with Crippen LogP contribution in [0.4, 0.5) is 14.5 Å². The highest BCUT2D eigenvalue weighted by molar-refractivity contribution is 7.89. The van der Waals surface area contributed by atoms with E-state index in [4.69, 9.17) is 16.3 Å². The molecule has 0 aromatic heterocycles. The van der Waals surface area contributed by atoms with Gasteiger partial charge in [0.25, 0.3) is 0 Å². The van der Waals surface area contributed by atoms with Crippen molar-refractivity contribution in [1.82, 2.24) is 4.72 Å². The minimum atomic E-state index is -4.05. The number of benzene rings is 2. The van der Waals surface area contributed by atoms with Crippen molar-refractivity contribution in [2.24, 2.45) is 0 Å². The van der Waals surface area contributed by atoms with Crippen LogP contribution in [-0.2, 0) is 14.8 Å². The van der Waals surface area contributed by atoms with E-state index >= 15 is 0 Å². The molecule has 2 rings (SSSR count). The number of halogens is 3. The van der Waals surface area contributed by atoms with E-state index in [2.05, 4.69) is 10.0 Å². The summed E-state index contributed by atoms with van der Waals surface area (Å²) in [4.78, 5) is 12.0. The van der Waals surface area contributed by atoms with Crippen molar-refractivity contribution in [3.8, 4) is 5.75 Å². The molecule has 0 unspecified atom stereocenters. The molecule has 2 aromatic rings. The normalized spacial score (nSPS) is 12.5. The van der Waals surface area contributed by atoms with Crippen molar-refractivity contribution in [1.29, 1.82) is 0 Å². The van der Waals surface area contributed by atoms with Crippen LogP contribution in [0.25, 0.3) is 0 Å². The number of anilines is 1. The van der Waals surface area contributed by atoms with Gasteiger partial charge in [-0.2, -0.15) is 4.72 Å². The third-order valence-corrected chi connectivity index (χ3v) is 5.26. The number of hydrogen-bond donors (Lipinski definition) is 2. The van der Waals surface area contributed by atoms with Gasteiger partial charge in [-0.25, -0.2) is 17.2 Å². The van der Waals surface area contributed by atoms with Gasteiger partial charge in [-0.3, -0.25) is 4.79 Å². The molecular weight excluding hydrogens is 402 g/mol. The van der Waals surface area contributed by atoms with Crippen LogP contribution in [0.2, 0.25) is 5.02 Å². The monoisotopic (exact) mass is 418 g/mol. The highest BCUT2D eigenvalue weighted by Gasteiger charge is 2.23. The summed E-state index contributed by atoms with van der Waals surface area (Å²) in [6.07, 6.45) is 0. The lowest BCUT2D eigenvalue weighted by atomic mass is 10.2. The Balaban J connectivity index is 2.10. The van der Waals surface area contributed by atoms with Crippen molar-refractivity contribution in [3.05, 3.63) is 53.1 Å². The molecule has 0 heterocycles. The zero-order chi connectivity index (χ0) is 20.2. The van der Waals surface area contributed by atoms with E-state index in [1.807, 2.05) is 0 Å². The molecule has 0 saturated carbocycles. The molecule has 0 spiro atoms. The summed E-state index contributed by atoms with van der Waals surface area (Å²) in [5, 5.41) is 2.41. The predicted molar refractivity (Wildman–Crippen MR) is 97.4 cm³/mol. The van der Waals surface area contributed by atoms with E-state index in [0.717, 1.165) is 18.2 Å². The third kappa shape index (κ3) is 5.38. The van der Waals surface area contributed by atoms with Crippen molar-refractivity contribution < 1.29 is 26.7 Å². The van der Waals surface area contributed by atoms with Crippen molar-refractivity contribution >= 4 is 33.2 Å². The minimum Gasteiger partial charge on any atom is -0.492 e. The molecule has 0 saturated heterocycles. The molecule has 0 radical (unpaired) electrons. The largest absolute Gasteiger partial charge is 0.492 e. The molecule has 0 bridgehead atoms. The van der Waals surface area contributed by atoms with Crippen LogP contribution in [0.5, 0.6) is 5.75 Å². The number of carbonyl (C=O) groups excluding carboxylic acids is 1. The van der Waals surface area contributed by atoms with Crippen LogP contribution >= 0.6 is 11.6 Å². The van der Waals surface area contributed by atoms with Gasteiger partial charge < -0.3 is 10.1 Å². The van der Waals surface area contributed by atoms with Crippen LogP contribution < -0.4 is 14.8 Å². The first-order valence-electron chi connectivity index (χ1n) is 7.84. The first-order chi connectivity index (χ1) is 12.6. The number of rotatable bonds is 7. The number of nitrogens with one attached hydrogen (secondary N) is 2. The Morgan fingerprint density at radius 3 is 2.48 bits per heavy atom. The number of sulfonamides is 1. The summed E-state index contributed by atoms with van der Waals surface area (Å²) in [6, 6.07) is 5.51. The van der Waals surface area contributed by atoms with Gasteiger partial charge in [0.05, 0.1) is 22.6 Å². The van der Waals surface area contributed by atoms with E-state index in [-0.39, 0.29) is 15.6 Å². The summed E-state index contributed by atoms with van der Waals surface area (Å²) >= 11 is 5.99. The van der Waals surface area contributed by atoms with Gasteiger partial charge in [-0.15, -0.1) is 0 Å². The molecule has 10 heteroatoms. The van der Waals surface area contributed by atoms with Crippen LogP contribution in [0.1, 0.15) is 13.8 Å². The lowest BCUT2D eigenvalue weighted by Gasteiger charge is -2.15. The Morgan fingerprint density at radius 2 is 1.89 bits per heavy atom. The molecule has 6 nitrogen and oxygen atoms in total. The maximum atomic E-state index is 13.2. The van der Waals surface area contributed by atoms with Crippen molar-refractivity contribution in [3.63, 3.8) is 0 Å². The smallest absolute Gasteiger partial charge is 0.242 e. The second-order valence-electron chi connectivity index (χ2n) is 5.49.